The molecule has 0 radical (unpaired) electrons. The first-order valence-corrected chi connectivity index (χ1v) is 4.57. The van der Waals surface area contributed by atoms with Crippen molar-refractivity contribution in [1.29, 1.82) is 0 Å². The Morgan fingerprint density at radius 3 is 2.77 bits per heavy atom. The molecular weight excluding hydrogens is 162 g/mol. The molecule has 0 atom stereocenters. The van der Waals surface area contributed by atoms with Crippen molar-refractivity contribution < 1.29 is 0 Å². The summed E-state index contributed by atoms with van der Waals surface area (Å²) in [7, 11) is 1.95. The van der Waals surface area contributed by atoms with Gasteiger partial charge in [0, 0.05) is 24.8 Å². The molecule has 0 amide bonds. The van der Waals surface area contributed by atoms with E-state index >= 15 is 0 Å². The van der Waals surface area contributed by atoms with Crippen LogP contribution in [-0.4, -0.2) is 16.3 Å². The third kappa shape index (κ3) is 2.18. The zero-order valence-electron chi connectivity index (χ0n) is 8.54. The molecule has 0 saturated heterocycles. The van der Waals surface area contributed by atoms with Gasteiger partial charge in [0.05, 0.1) is 6.20 Å². The summed E-state index contributed by atoms with van der Waals surface area (Å²) in [5.74, 6) is 0. The van der Waals surface area contributed by atoms with Gasteiger partial charge in [-0.05, 0) is 13.3 Å². The van der Waals surface area contributed by atoms with Gasteiger partial charge in [0.1, 0.15) is 0 Å². The predicted molar refractivity (Wildman–Crippen MR) is 55.3 cm³/mol. The van der Waals surface area contributed by atoms with Crippen molar-refractivity contribution in [2.75, 3.05) is 6.54 Å². The van der Waals surface area contributed by atoms with E-state index in [-0.39, 0.29) is 0 Å². The number of hydrogen-bond acceptors (Lipinski definition) is 2. The second kappa shape index (κ2) is 4.23. The summed E-state index contributed by atoms with van der Waals surface area (Å²) in [6, 6.07) is 0. The quantitative estimate of drug-likeness (QED) is 0.763. The average Bonchev–Trinajstić information content (AvgIpc) is 2.45. The van der Waals surface area contributed by atoms with Crippen molar-refractivity contribution in [2.24, 2.45) is 12.8 Å². The summed E-state index contributed by atoms with van der Waals surface area (Å²) < 4.78 is 1.87. The zero-order chi connectivity index (χ0) is 9.84. The van der Waals surface area contributed by atoms with Gasteiger partial charge in [-0.1, -0.05) is 18.6 Å². The second-order valence-electron chi connectivity index (χ2n) is 3.17. The first-order valence-electron chi connectivity index (χ1n) is 4.57. The highest BCUT2D eigenvalue weighted by Gasteiger charge is 2.00. The Balaban J connectivity index is 2.95. The molecule has 0 aliphatic rings. The van der Waals surface area contributed by atoms with Crippen molar-refractivity contribution in [3.05, 3.63) is 23.0 Å². The van der Waals surface area contributed by atoms with E-state index in [1.54, 1.807) is 0 Å². The van der Waals surface area contributed by atoms with E-state index in [0.717, 1.165) is 6.42 Å². The minimum Gasteiger partial charge on any atom is -0.327 e. The van der Waals surface area contributed by atoms with Crippen LogP contribution >= 0.6 is 0 Å². The molecule has 3 nitrogen and oxygen atoms in total. The zero-order valence-corrected chi connectivity index (χ0v) is 8.54. The van der Waals surface area contributed by atoms with E-state index in [9.17, 15) is 0 Å². The summed E-state index contributed by atoms with van der Waals surface area (Å²) in [5.41, 5.74) is 9.20. The maximum atomic E-state index is 5.59. The predicted octanol–water partition coefficient (Wildman–Crippen LogP) is 1.48. The first kappa shape index (κ1) is 9.99. The van der Waals surface area contributed by atoms with Gasteiger partial charge >= 0.3 is 0 Å². The molecule has 1 rings (SSSR count). The van der Waals surface area contributed by atoms with Gasteiger partial charge in [-0.15, -0.1) is 0 Å². The highest BCUT2D eigenvalue weighted by molar-refractivity contribution is 5.54. The highest BCUT2D eigenvalue weighted by atomic mass is 15.3. The molecule has 1 aromatic rings. The van der Waals surface area contributed by atoms with E-state index in [4.69, 9.17) is 5.73 Å². The van der Waals surface area contributed by atoms with Crippen LogP contribution in [0.5, 0.6) is 0 Å². The number of nitrogens with two attached hydrogens (primary N) is 1. The molecule has 72 valence electrons. The molecule has 0 bridgehead atoms. The van der Waals surface area contributed by atoms with Gasteiger partial charge in [-0.25, -0.2) is 0 Å². The molecule has 0 saturated carbocycles. The van der Waals surface area contributed by atoms with Crippen LogP contribution in [0.4, 0.5) is 0 Å². The Labute approximate surface area is 79.2 Å². The lowest BCUT2D eigenvalue weighted by atomic mass is 10.1. The van der Waals surface area contributed by atoms with E-state index in [0.29, 0.717) is 6.54 Å². The number of aromatic nitrogens is 2. The smallest absolute Gasteiger partial charge is 0.0564 e. The van der Waals surface area contributed by atoms with Crippen LogP contribution in [0.2, 0.25) is 0 Å². The molecule has 1 heterocycles. The third-order valence-corrected chi connectivity index (χ3v) is 2.35. The van der Waals surface area contributed by atoms with Gasteiger partial charge in [-0.3, -0.25) is 4.68 Å². The fourth-order valence-corrected chi connectivity index (χ4v) is 1.18. The third-order valence-electron chi connectivity index (χ3n) is 2.35. The van der Waals surface area contributed by atoms with Gasteiger partial charge in [-0.2, -0.15) is 5.10 Å². The molecule has 0 aliphatic carbocycles. The molecule has 1 aromatic heterocycles. The lowest BCUT2D eigenvalue weighted by Gasteiger charge is -1.99. The standard InChI is InChI=1S/C10H17N3/c1-4-9(6-11)5-10-7-12-13(3)8(10)2/h5,7H,4,6,11H2,1-3H3. The SMILES string of the molecule is CCC(=Cc1cnn(C)c1C)CN. The van der Waals surface area contributed by atoms with Gasteiger partial charge in [0.25, 0.3) is 0 Å². The normalized spacial score (nSPS) is 12.2. The molecule has 2 N–H and O–H groups in total. The molecule has 3 heteroatoms. The number of aryl methyl sites for hydroxylation is 1. The van der Waals surface area contributed by atoms with E-state index in [1.165, 1.54) is 16.8 Å². The maximum Gasteiger partial charge on any atom is 0.0564 e. The van der Waals surface area contributed by atoms with Crippen LogP contribution in [0.25, 0.3) is 6.08 Å². The fraction of sp³-hybridized carbons (Fsp3) is 0.500. The summed E-state index contributed by atoms with van der Waals surface area (Å²) in [6.07, 6.45) is 5.01. The first-order chi connectivity index (χ1) is 6.19. The minimum atomic E-state index is 0.630. The minimum absolute atomic E-state index is 0.630. The Kier molecular flexibility index (Phi) is 3.25. The van der Waals surface area contributed by atoms with Crippen molar-refractivity contribution in [3.63, 3.8) is 0 Å². The van der Waals surface area contributed by atoms with Crippen LogP contribution in [0.3, 0.4) is 0 Å². The maximum absolute atomic E-state index is 5.59. The van der Waals surface area contributed by atoms with Crippen LogP contribution < -0.4 is 5.73 Å². The Morgan fingerprint density at radius 1 is 1.69 bits per heavy atom. The Bertz CT molecular complexity index is 304. The van der Waals surface area contributed by atoms with Crippen molar-refractivity contribution >= 4 is 6.08 Å². The lowest BCUT2D eigenvalue weighted by Crippen LogP contribution is -2.01. The van der Waals surface area contributed by atoms with Crippen molar-refractivity contribution in [2.45, 2.75) is 20.3 Å². The fourth-order valence-electron chi connectivity index (χ4n) is 1.18. The van der Waals surface area contributed by atoms with E-state index in [2.05, 4.69) is 25.0 Å². The largest absolute Gasteiger partial charge is 0.327 e. The summed E-state index contributed by atoms with van der Waals surface area (Å²) in [6.45, 7) is 4.80. The highest BCUT2D eigenvalue weighted by Crippen LogP contribution is 2.11. The molecule has 0 aromatic carbocycles. The molecule has 0 spiro atoms. The van der Waals surface area contributed by atoms with Crippen molar-refractivity contribution in [3.8, 4) is 0 Å². The molecular formula is C10H17N3. The van der Waals surface area contributed by atoms with Crippen LogP contribution in [0.15, 0.2) is 11.8 Å². The van der Waals surface area contributed by atoms with Crippen LogP contribution in [0.1, 0.15) is 24.6 Å². The number of hydrogen-bond donors (Lipinski definition) is 1. The van der Waals surface area contributed by atoms with Crippen molar-refractivity contribution in [1.82, 2.24) is 9.78 Å². The molecule has 0 unspecified atom stereocenters. The van der Waals surface area contributed by atoms with Gasteiger partial charge in [0.15, 0.2) is 0 Å². The number of nitrogens with zero attached hydrogens (tertiary/aromatic N) is 2. The Morgan fingerprint density at radius 2 is 2.38 bits per heavy atom. The Hall–Kier alpha value is -1.09. The van der Waals surface area contributed by atoms with Crippen LogP contribution in [0, 0.1) is 6.92 Å². The van der Waals surface area contributed by atoms with E-state index < -0.39 is 0 Å². The monoisotopic (exact) mass is 179 g/mol. The van der Waals surface area contributed by atoms with E-state index in [1.807, 2.05) is 17.9 Å². The summed E-state index contributed by atoms with van der Waals surface area (Å²) in [5, 5.41) is 4.17. The second-order valence-corrected chi connectivity index (χ2v) is 3.17. The molecule has 0 aliphatic heterocycles. The summed E-state index contributed by atoms with van der Waals surface area (Å²) >= 11 is 0. The average molecular weight is 179 g/mol. The van der Waals surface area contributed by atoms with Gasteiger partial charge < -0.3 is 5.73 Å². The number of rotatable bonds is 3. The topological polar surface area (TPSA) is 43.8 Å². The van der Waals surface area contributed by atoms with Crippen LogP contribution in [-0.2, 0) is 7.05 Å². The lowest BCUT2D eigenvalue weighted by molar-refractivity contribution is 0.740. The van der Waals surface area contributed by atoms with Gasteiger partial charge in [0.2, 0.25) is 0 Å². The molecule has 13 heavy (non-hydrogen) atoms. The summed E-state index contributed by atoms with van der Waals surface area (Å²) in [4.78, 5) is 0. The molecule has 0 fully saturated rings.